The Hall–Kier alpha value is -0.850. The smallest absolute Gasteiger partial charge is 0.0998 e. The highest BCUT2D eigenvalue weighted by molar-refractivity contribution is 9.09. The van der Waals surface area contributed by atoms with E-state index < -0.39 is 0 Å². The first-order chi connectivity index (χ1) is 8.74. The van der Waals surface area contributed by atoms with Crippen LogP contribution in [0.5, 0.6) is 0 Å². The normalized spacial score (nSPS) is 17.1. The van der Waals surface area contributed by atoms with Crippen LogP contribution in [0.4, 0.5) is 0 Å². The summed E-state index contributed by atoms with van der Waals surface area (Å²) in [5.74, 6) is 0. The van der Waals surface area contributed by atoms with Crippen LogP contribution in [0.1, 0.15) is 17.5 Å². The number of nitriles is 1. The SMILES string of the molecule is N#Cc1ccccc1C1=CCC(CBr)(CBr)C=C1. The molecule has 1 aromatic carbocycles. The molecule has 0 aliphatic heterocycles. The Morgan fingerprint density at radius 1 is 1.22 bits per heavy atom. The van der Waals surface area contributed by atoms with Crippen LogP contribution in [0, 0.1) is 16.7 Å². The molecule has 18 heavy (non-hydrogen) atoms. The van der Waals surface area contributed by atoms with Crippen LogP contribution in [0.15, 0.2) is 42.5 Å². The number of nitrogens with zero attached hydrogens (tertiary/aromatic N) is 1. The van der Waals surface area contributed by atoms with E-state index in [2.05, 4.69) is 56.2 Å². The molecule has 1 aromatic rings. The van der Waals surface area contributed by atoms with E-state index in [4.69, 9.17) is 5.26 Å². The fourth-order valence-electron chi connectivity index (χ4n) is 1.98. The summed E-state index contributed by atoms with van der Waals surface area (Å²) in [6, 6.07) is 9.99. The van der Waals surface area contributed by atoms with Gasteiger partial charge in [-0.05, 0) is 23.6 Å². The number of hydrogen-bond acceptors (Lipinski definition) is 1. The highest BCUT2D eigenvalue weighted by atomic mass is 79.9. The molecule has 3 heteroatoms. The average molecular weight is 367 g/mol. The van der Waals surface area contributed by atoms with E-state index in [9.17, 15) is 0 Å². The van der Waals surface area contributed by atoms with E-state index in [0.717, 1.165) is 33.8 Å². The maximum Gasteiger partial charge on any atom is 0.0998 e. The van der Waals surface area contributed by atoms with Crippen molar-refractivity contribution >= 4 is 37.4 Å². The second-order valence-corrected chi connectivity index (χ2v) is 5.61. The summed E-state index contributed by atoms with van der Waals surface area (Å²) in [7, 11) is 0. The molecule has 0 bridgehead atoms. The van der Waals surface area contributed by atoms with Gasteiger partial charge in [0.1, 0.15) is 0 Å². The van der Waals surface area contributed by atoms with Crippen LogP contribution < -0.4 is 0 Å². The topological polar surface area (TPSA) is 23.8 Å². The maximum absolute atomic E-state index is 9.13. The van der Waals surface area contributed by atoms with Gasteiger partial charge in [-0.1, -0.05) is 68.3 Å². The summed E-state index contributed by atoms with van der Waals surface area (Å²) in [6.07, 6.45) is 7.57. The van der Waals surface area contributed by atoms with Crippen molar-refractivity contribution in [2.24, 2.45) is 5.41 Å². The first-order valence-corrected chi connectivity index (χ1v) is 8.00. The van der Waals surface area contributed by atoms with Gasteiger partial charge in [0.2, 0.25) is 0 Å². The van der Waals surface area contributed by atoms with Crippen LogP contribution in [0.25, 0.3) is 5.57 Å². The zero-order valence-electron chi connectivity index (χ0n) is 9.87. The molecule has 0 amide bonds. The Bertz CT molecular complexity index is 534. The Kier molecular flexibility index (Phi) is 4.42. The minimum absolute atomic E-state index is 0.158. The van der Waals surface area contributed by atoms with Gasteiger partial charge in [-0.25, -0.2) is 0 Å². The monoisotopic (exact) mass is 365 g/mol. The number of alkyl halides is 2. The zero-order valence-corrected chi connectivity index (χ0v) is 13.0. The summed E-state index contributed by atoms with van der Waals surface area (Å²) in [5.41, 5.74) is 3.06. The van der Waals surface area contributed by atoms with Crippen LogP contribution >= 0.6 is 31.9 Å². The van der Waals surface area contributed by atoms with Crippen molar-refractivity contribution in [3.8, 4) is 6.07 Å². The number of halogens is 2. The van der Waals surface area contributed by atoms with Gasteiger partial charge >= 0.3 is 0 Å². The third-order valence-corrected chi connectivity index (χ3v) is 5.47. The van der Waals surface area contributed by atoms with Gasteiger partial charge in [0, 0.05) is 16.1 Å². The molecule has 1 aliphatic carbocycles. The molecule has 0 aromatic heterocycles. The molecule has 0 fully saturated rings. The van der Waals surface area contributed by atoms with E-state index in [-0.39, 0.29) is 5.41 Å². The molecule has 0 saturated carbocycles. The molecule has 1 nitrogen and oxygen atoms in total. The number of benzene rings is 1. The first-order valence-electron chi connectivity index (χ1n) is 5.75. The molecule has 0 radical (unpaired) electrons. The van der Waals surface area contributed by atoms with Crippen molar-refractivity contribution < 1.29 is 0 Å². The Morgan fingerprint density at radius 3 is 2.50 bits per heavy atom. The second-order valence-electron chi connectivity index (χ2n) is 4.48. The van der Waals surface area contributed by atoms with Gasteiger partial charge in [0.05, 0.1) is 11.6 Å². The largest absolute Gasteiger partial charge is 0.192 e. The first kappa shape index (κ1) is 13.6. The molecule has 0 N–H and O–H groups in total. The van der Waals surface area contributed by atoms with E-state index in [1.54, 1.807) is 0 Å². The fourth-order valence-corrected chi connectivity index (χ4v) is 3.74. The van der Waals surface area contributed by atoms with Crippen molar-refractivity contribution in [3.05, 3.63) is 53.6 Å². The van der Waals surface area contributed by atoms with Gasteiger partial charge in [-0.3, -0.25) is 0 Å². The van der Waals surface area contributed by atoms with Crippen LogP contribution in [-0.2, 0) is 0 Å². The Labute approximate surface area is 124 Å². The summed E-state index contributed by atoms with van der Waals surface area (Å²) >= 11 is 7.14. The second kappa shape index (κ2) is 5.86. The van der Waals surface area contributed by atoms with Crippen LogP contribution in [-0.4, -0.2) is 10.7 Å². The third-order valence-electron chi connectivity index (χ3n) is 3.24. The Morgan fingerprint density at radius 2 is 1.94 bits per heavy atom. The lowest BCUT2D eigenvalue weighted by molar-refractivity contribution is 0.516. The molecule has 0 unspecified atom stereocenters. The highest BCUT2D eigenvalue weighted by Gasteiger charge is 2.26. The zero-order chi connectivity index (χ0) is 13.0. The molecular weight excluding hydrogens is 354 g/mol. The van der Waals surface area contributed by atoms with Gasteiger partial charge in [-0.2, -0.15) is 5.26 Å². The quantitative estimate of drug-likeness (QED) is 0.712. The van der Waals surface area contributed by atoms with E-state index in [1.807, 2.05) is 24.3 Å². The van der Waals surface area contributed by atoms with Gasteiger partial charge in [0.15, 0.2) is 0 Å². The van der Waals surface area contributed by atoms with Crippen molar-refractivity contribution in [1.29, 1.82) is 5.26 Å². The lowest BCUT2D eigenvalue weighted by atomic mass is 9.82. The lowest BCUT2D eigenvalue weighted by Gasteiger charge is -2.28. The lowest BCUT2D eigenvalue weighted by Crippen LogP contribution is -2.22. The van der Waals surface area contributed by atoms with Crippen LogP contribution in [0.2, 0.25) is 0 Å². The Balaban J connectivity index is 2.32. The van der Waals surface area contributed by atoms with E-state index in [0.29, 0.717) is 0 Å². The number of hydrogen-bond donors (Lipinski definition) is 0. The molecule has 92 valence electrons. The molecule has 2 rings (SSSR count). The maximum atomic E-state index is 9.13. The van der Waals surface area contributed by atoms with Gasteiger partial charge in [-0.15, -0.1) is 0 Å². The summed E-state index contributed by atoms with van der Waals surface area (Å²) in [4.78, 5) is 0. The molecule has 0 saturated heterocycles. The molecular formula is C15H13Br2N. The van der Waals surface area contributed by atoms with Gasteiger partial charge < -0.3 is 0 Å². The third kappa shape index (κ3) is 2.60. The summed E-state index contributed by atoms with van der Waals surface area (Å²) in [6.45, 7) is 0. The standard InChI is InChI=1S/C15H13Br2N/c16-10-15(11-17)7-5-12(6-8-15)14-4-2-1-3-13(14)9-18/h1-7H,8,10-11H2. The summed E-state index contributed by atoms with van der Waals surface area (Å²) in [5, 5.41) is 11.0. The van der Waals surface area contributed by atoms with E-state index >= 15 is 0 Å². The minimum atomic E-state index is 0.158. The number of allylic oxidation sites excluding steroid dienone is 4. The highest BCUT2D eigenvalue weighted by Crippen LogP contribution is 2.36. The van der Waals surface area contributed by atoms with Crippen molar-refractivity contribution in [2.75, 3.05) is 10.7 Å². The van der Waals surface area contributed by atoms with Gasteiger partial charge in [0.25, 0.3) is 0 Å². The predicted molar refractivity (Wildman–Crippen MR) is 82.9 cm³/mol. The minimum Gasteiger partial charge on any atom is -0.192 e. The molecule has 0 atom stereocenters. The molecule has 0 spiro atoms. The number of rotatable bonds is 3. The molecule has 0 heterocycles. The van der Waals surface area contributed by atoms with Crippen molar-refractivity contribution in [1.82, 2.24) is 0 Å². The molecule has 1 aliphatic rings. The summed E-state index contributed by atoms with van der Waals surface area (Å²) < 4.78 is 0. The van der Waals surface area contributed by atoms with Crippen molar-refractivity contribution in [3.63, 3.8) is 0 Å². The van der Waals surface area contributed by atoms with E-state index in [1.165, 1.54) is 0 Å². The average Bonchev–Trinajstić information content (AvgIpc) is 2.47. The van der Waals surface area contributed by atoms with Crippen molar-refractivity contribution in [2.45, 2.75) is 6.42 Å². The van der Waals surface area contributed by atoms with Crippen LogP contribution in [0.3, 0.4) is 0 Å². The fraction of sp³-hybridized carbons (Fsp3) is 0.267. The predicted octanol–water partition coefficient (Wildman–Crippen LogP) is 4.68.